The number of halogens is 6. The zero-order valence-corrected chi connectivity index (χ0v) is 16.2. The van der Waals surface area contributed by atoms with E-state index >= 15 is 0 Å². The lowest BCUT2D eigenvalue weighted by atomic mass is 9.83. The Balaban J connectivity index is 1.64. The van der Waals surface area contributed by atoms with Gasteiger partial charge in [0, 0.05) is 17.5 Å². The Kier molecular flexibility index (Phi) is 4.72. The number of benzene rings is 1. The highest BCUT2D eigenvalue weighted by Gasteiger charge is 2.40. The van der Waals surface area contributed by atoms with E-state index in [2.05, 4.69) is 15.4 Å². The van der Waals surface area contributed by atoms with Gasteiger partial charge in [0.25, 0.3) is 0 Å². The van der Waals surface area contributed by atoms with Crippen molar-refractivity contribution in [3.63, 3.8) is 0 Å². The molecule has 1 saturated heterocycles. The Labute approximate surface area is 173 Å². The number of hydrogen-bond acceptors (Lipinski definition) is 3. The molecule has 0 spiro atoms. The second-order valence-electron chi connectivity index (χ2n) is 8.24. The van der Waals surface area contributed by atoms with Crippen LogP contribution >= 0.6 is 0 Å². The average molecular weight is 440 g/mol. The van der Waals surface area contributed by atoms with Crippen LogP contribution in [0.4, 0.5) is 26.3 Å². The van der Waals surface area contributed by atoms with Crippen molar-refractivity contribution in [3.05, 3.63) is 53.2 Å². The van der Waals surface area contributed by atoms with Crippen molar-refractivity contribution in [1.82, 2.24) is 19.9 Å². The van der Waals surface area contributed by atoms with Crippen LogP contribution in [0.15, 0.2) is 24.3 Å². The van der Waals surface area contributed by atoms with E-state index in [-0.39, 0.29) is 28.5 Å². The van der Waals surface area contributed by atoms with Crippen LogP contribution in [-0.4, -0.2) is 27.7 Å². The summed E-state index contributed by atoms with van der Waals surface area (Å²) in [5.41, 5.74) is -1.77. The number of rotatable bonds is 3. The fourth-order valence-corrected chi connectivity index (χ4v) is 5.00. The third-order valence-corrected chi connectivity index (χ3v) is 6.49. The lowest BCUT2D eigenvalue weighted by Crippen LogP contribution is -2.39. The summed E-state index contributed by atoms with van der Waals surface area (Å²) in [6.45, 7) is 1.71. The van der Waals surface area contributed by atoms with Crippen LogP contribution in [0.3, 0.4) is 0 Å². The third-order valence-electron chi connectivity index (χ3n) is 6.49. The van der Waals surface area contributed by atoms with Gasteiger partial charge in [-0.05, 0) is 68.0 Å². The molecule has 1 N–H and O–H groups in total. The smallest absolute Gasteiger partial charge is 0.316 e. The van der Waals surface area contributed by atoms with Crippen molar-refractivity contribution in [3.8, 4) is 11.1 Å². The van der Waals surface area contributed by atoms with Gasteiger partial charge in [0.2, 0.25) is 0 Å². The zero-order valence-electron chi connectivity index (χ0n) is 16.2. The quantitative estimate of drug-likeness (QED) is 0.478. The van der Waals surface area contributed by atoms with E-state index in [9.17, 15) is 26.3 Å². The first-order chi connectivity index (χ1) is 14.7. The van der Waals surface area contributed by atoms with Gasteiger partial charge in [-0.25, -0.2) is 22.7 Å². The number of piperidine rings is 1. The number of hydrogen-bond donors (Lipinski definition) is 1. The van der Waals surface area contributed by atoms with Crippen LogP contribution in [0.25, 0.3) is 16.8 Å². The molecule has 1 saturated carbocycles. The number of nitrogens with zero attached hydrogens (tertiary/aromatic N) is 3. The average Bonchev–Trinajstić information content (AvgIpc) is 3.21. The molecule has 3 atom stereocenters. The first kappa shape index (κ1) is 20.3. The zero-order chi connectivity index (χ0) is 21.9. The van der Waals surface area contributed by atoms with E-state index in [0.29, 0.717) is 22.8 Å². The first-order valence-corrected chi connectivity index (χ1v) is 10.0. The van der Waals surface area contributed by atoms with Crippen molar-refractivity contribution in [2.75, 3.05) is 13.1 Å². The molecule has 0 radical (unpaired) electrons. The number of alkyl halides is 3. The second kappa shape index (κ2) is 7.22. The van der Waals surface area contributed by atoms with Crippen molar-refractivity contribution < 1.29 is 26.3 Å². The number of fused-ring (bicyclic) bond motifs is 3. The summed E-state index contributed by atoms with van der Waals surface area (Å²) in [6, 6.07) is 3.47. The van der Waals surface area contributed by atoms with Crippen molar-refractivity contribution >= 4 is 5.65 Å². The van der Waals surface area contributed by atoms with E-state index < -0.39 is 29.3 Å². The Morgan fingerprint density at radius 1 is 0.935 bits per heavy atom. The van der Waals surface area contributed by atoms with Crippen LogP contribution in [0.1, 0.15) is 24.4 Å². The highest BCUT2D eigenvalue weighted by molar-refractivity contribution is 5.78. The van der Waals surface area contributed by atoms with E-state index in [1.165, 1.54) is 0 Å². The van der Waals surface area contributed by atoms with Gasteiger partial charge in [-0.3, -0.25) is 0 Å². The standard InChI is InChI=1S/C21H18F6N4/c22-15-5-3-12(18(23)19(15)24)13-4-6-16(21(25,26)27)31-20(13)29-17(30-31)7-14-10-1-2-11(14)9-28-8-10/h3-6,10-11,14,28H,1-2,7-9H2/t10-,11+,14?. The predicted molar refractivity (Wildman–Crippen MR) is 99.6 cm³/mol. The minimum Gasteiger partial charge on any atom is -0.316 e. The van der Waals surface area contributed by atoms with Gasteiger partial charge in [-0.15, -0.1) is 0 Å². The molecule has 1 unspecified atom stereocenters. The van der Waals surface area contributed by atoms with E-state index in [4.69, 9.17) is 0 Å². The van der Waals surface area contributed by atoms with Crippen LogP contribution in [-0.2, 0) is 12.6 Å². The summed E-state index contributed by atoms with van der Waals surface area (Å²) < 4.78 is 82.9. The van der Waals surface area contributed by atoms with Crippen molar-refractivity contribution in [2.24, 2.45) is 17.8 Å². The van der Waals surface area contributed by atoms with Gasteiger partial charge in [0.05, 0.1) is 0 Å². The summed E-state index contributed by atoms with van der Waals surface area (Å²) in [5.74, 6) is -3.25. The molecule has 1 aliphatic carbocycles. The topological polar surface area (TPSA) is 42.2 Å². The highest BCUT2D eigenvalue weighted by atomic mass is 19.4. The molecule has 0 amide bonds. The maximum Gasteiger partial charge on any atom is 0.433 e. The summed E-state index contributed by atoms with van der Waals surface area (Å²) >= 11 is 0. The molecular weight excluding hydrogens is 422 g/mol. The molecule has 5 rings (SSSR count). The monoisotopic (exact) mass is 440 g/mol. The van der Waals surface area contributed by atoms with Gasteiger partial charge in [0.1, 0.15) is 5.69 Å². The molecule has 2 aromatic heterocycles. The minimum absolute atomic E-state index is 0.0866. The Hall–Kier alpha value is -2.62. The van der Waals surface area contributed by atoms with Crippen LogP contribution in [0.2, 0.25) is 0 Å². The van der Waals surface area contributed by atoms with E-state index in [0.717, 1.165) is 50.2 Å². The lowest BCUT2D eigenvalue weighted by Gasteiger charge is -2.29. The molecule has 1 aromatic carbocycles. The molecule has 2 bridgehead atoms. The number of nitrogens with one attached hydrogen (secondary N) is 1. The van der Waals surface area contributed by atoms with Crippen LogP contribution in [0, 0.1) is 35.2 Å². The highest BCUT2D eigenvalue weighted by Crippen LogP contribution is 2.41. The van der Waals surface area contributed by atoms with Gasteiger partial charge < -0.3 is 5.32 Å². The minimum atomic E-state index is -4.72. The summed E-state index contributed by atoms with van der Waals surface area (Å²) in [4.78, 5) is 4.30. The molecule has 3 heterocycles. The maximum atomic E-state index is 14.4. The predicted octanol–water partition coefficient (Wildman–Crippen LogP) is 4.62. The molecule has 2 fully saturated rings. The Morgan fingerprint density at radius 2 is 1.61 bits per heavy atom. The molecule has 4 nitrogen and oxygen atoms in total. The molecule has 3 aromatic rings. The lowest BCUT2D eigenvalue weighted by molar-refractivity contribution is -0.142. The SMILES string of the molecule is Fc1ccc(-c2ccc(C(F)(F)F)n3nc(CC4[C@@H]5CC[C@H]4CNC5)nc23)c(F)c1F. The molecule has 1 aliphatic heterocycles. The molecule has 31 heavy (non-hydrogen) atoms. The number of pyridine rings is 1. The van der Waals surface area contributed by atoms with Crippen LogP contribution in [0.5, 0.6) is 0 Å². The largest absolute Gasteiger partial charge is 0.433 e. The fraction of sp³-hybridized carbons (Fsp3) is 0.429. The molecule has 164 valence electrons. The summed E-state index contributed by atoms with van der Waals surface area (Å²) in [5, 5.41) is 7.46. The van der Waals surface area contributed by atoms with E-state index in [1.807, 2.05) is 0 Å². The van der Waals surface area contributed by atoms with E-state index in [1.54, 1.807) is 0 Å². The normalized spacial score (nSPS) is 23.6. The van der Waals surface area contributed by atoms with Crippen LogP contribution < -0.4 is 5.32 Å². The van der Waals surface area contributed by atoms with Gasteiger partial charge >= 0.3 is 6.18 Å². The maximum absolute atomic E-state index is 14.4. The fourth-order valence-electron chi connectivity index (χ4n) is 5.00. The van der Waals surface area contributed by atoms with Gasteiger partial charge in [-0.1, -0.05) is 0 Å². The Bertz CT molecular complexity index is 1140. The molecular formula is C21H18F6N4. The van der Waals surface area contributed by atoms with Gasteiger partial charge in [-0.2, -0.15) is 18.3 Å². The molecule has 2 aliphatic rings. The Morgan fingerprint density at radius 3 is 2.29 bits per heavy atom. The second-order valence-corrected chi connectivity index (χ2v) is 8.24. The van der Waals surface area contributed by atoms with Gasteiger partial charge in [0.15, 0.2) is 28.9 Å². The number of aromatic nitrogens is 3. The van der Waals surface area contributed by atoms with Crippen molar-refractivity contribution in [2.45, 2.75) is 25.4 Å². The summed E-state index contributed by atoms with van der Waals surface area (Å²) in [7, 11) is 0. The summed E-state index contributed by atoms with van der Waals surface area (Å²) in [6.07, 6.45) is -2.21. The first-order valence-electron chi connectivity index (χ1n) is 10.0. The third kappa shape index (κ3) is 3.37. The molecule has 10 heteroatoms. The van der Waals surface area contributed by atoms with Crippen molar-refractivity contribution in [1.29, 1.82) is 0 Å².